The molecule has 1 atom stereocenters. The van der Waals surface area contributed by atoms with Gasteiger partial charge in [0, 0.05) is 6.04 Å². The van der Waals surface area contributed by atoms with Crippen LogP contribution in [0.4, 0.5) is 0 Å². The molecular weight excluding hydrogens is 174 g/mol. The number of likely N-dealkylation sites (N-methyl/N-ethyl adjacent to an activating group) is 1. The summed E-state index contributed by atoms with van der Waals surface area (Å²) in [4.78, 5) is 13.2. The number of carbonyl (C=O) groups is 1. The molecule has 0 aliphatic heterocycles. The number of nitrogens with zero attached hydrogens (tertiary/aromatic N) is 1. The zero-order chi connectivity index (χ0) is 10.6. The van der Waals surface area contributed by atoms with E-state index < -0.39 is 0 Å². The molecule has 0 amide bonds. The van der Waals surface area contributed by atoms with Crippen molar-refractivity contribution in [1.29, 1.82) is 0 Å². The van der Waals surface area contributed by atoms with E-state index in [9.17, 15) is 4.79 Å². The van der Waals surface area contributed by atoms with Crippen LogP contribution in [-0.4, -0.2) is 30.3 Å². The van der Waals surface area contributed by atoms with Gasteiger partial charge in [-0.25, -0.2) is 0 Å². The van der Waals surface area contributed by atoms with E-state index in [1.165, 1.54) is 32.1 Å². The Hall–Kier alpha value is -0.370. The van der Waals surface area contributed by atoms with Crippen molar-refractivity contribution >= 4 is 5.78 Å². The van der Waals surface area contributed by atoms with Crippen LogP contribution in [0.2, 0.25) is 0 Å². The molecule has 14 heavy (non-hydrogen) atoms. The lowest BCUT2D eigenvalue weighted by Gasteiger charge is -2.33. The number of carbonyl (C=O) groups excluding carboxylic acids is 1. The highest BCUT2D eigenvalue weighted by Crippen LogP contribution is 2.28. The molecule has 0 aromatic heterocycles. The van der Waals surface area contributed by atoms with Gasteiger partial charge in [-0.05, 0) is 39.7 Å². The molecule has 1 rings (SSSR count). The minimum atomic E-state index is 0.273. The van der Waals surface area contributed by atoms with E-state index >= 15 is 0 Å². The van der Waals surface area contributed by atoms with Gasteiger partial charge in [-0.3, -0.25) is 9.69 Å². The summed E-state index contributed by atoms with van der Waals surface area (Å²) < 4.78 is 0. The first kappa shape index (κ1) is 11.7. The van der Waals surface area contributed by atoms with Crippen LogP contribution in [0.3, 0.4) is 0 Å². The summed E-state index contributed by atoms with van der Waals surface area (Å²) in [6.07, 6.45) is 6.86. The van der Waals surface area contributed by atoms with Gasteiger partial charge in [0.05, 0.1) is 6.54 Å². The highest BCUT2D eigenvalue weighted by atomic mass is 16.1. The minimum Gasteiger partial charge on any atom is -0.299 e. The van der Waals surface area contributed by atoms with Crippen LogP contribution in [0.25, 0.3) is 0 Å². The fourth-order valence-electron chi connectivity index (χ4n) is 2.47. The smallest absolute Gasteiger partial charge is 0.143 e. The van der Waals surface area contributed by atoms with E-state index in [-0.39, 0.29) is 5.78 Å². The maximum atomic E-state index is 11.0. The predicted octanol–water partition coefficient (Wildman–Crippen LogP) is 2.48. The average Bonchev–Trinajstić information content (AvgIpc) is 2.17. The van der Waals surface area contributed by atoms with Crippen LogP contribution in [0.5, 0.6) is 0 Å². The van der Waals surface area contributed by atoms with E-state index in [0.29, 0.717) is 12.6 Å². The molecule has 0 saturated heterocycles. The van der Waals surface area contributed by atoms with E-state index in [4.69, 9.17) is 0 Å². The predicted molar refractivity (Wildman–Crippen MR) is 59.3 cm³/mol. The molecule has 0 unspecified atom stereocenters. The van der Waals surface area contributed by atoms with Crippen molar-refractivity contribution in [2.24, 2.45) is 5.92 Å². The SMILES string of the molecule is CC(=O)CN(C)[C@H](C)C1CCCCC1. The number of hydrogen-bond acceptors (Lipinski definition) is 2. The lowest BCUT2D eigenvalue weighted by atomic mass is 9.84. The minimum absolute atomic E-state index is 0.273. The van der Waals surface area contributed by atoms with Gasteiger partial charge in [-0.1, -0.05) is 19.3 Å². The van der Waals surface area contributed by atoms with Gasteiger partial charge in [0.2, 0.25) is 0 Å². The lowest BCUT2D eigenvalue weighted by molar-refractivity contribution is -0.118. The second-order valence-corrected chi connectivity index (χ2v) is 4.76. The highest BCUT2D eigenvalue weighted by molar-refractivity contribution is 5.77. The highest BCUT2D eigenvalue weighted by Gasteiger charge is 2.23. The zero-order valence-corrected chi connectivity index (χ0v) is 9.75. The summed E-state index contributed by atoms with van der Waals surface area (Å²) in [5.41, 5.74) is 0. The Kier molecular flexibility index (Phi) is 4.59. The van der Waals surface area contributed by atoms with Gasteiger partial charge in [0.1, 0.15) is 5.78 Å². The van der Waals surface area contributed by atoms with E-state index in [1.807, 2.05) is 0 Å². The van der Waals surface area contributed by atoms with Crippen molar-refractivity contribution < 1.29 is 4.79 Å². The van der Waals surface area contributed by atoms with Gasteiger partial charge >= 0.3 is 0 Å². The van der Waals surface area contributed by atoms with Crippen LogP contribution >= 0.6 is 0 Å². The first-order chi connectivity index (χ1) is 6.61. The molecule has 82 valence electrons. The standard InChI is InChI=1S/C12H23NO/c1-10(14)9-13(3)11(2)12-7-5-4-6-8-12/h11-12H,4-9H2,1-3H3/t11-/m1/s1. The first-order valence-corrected chi connectivity index (χ1v) is 5.81. The molecule has 1 saturated carbocycles. The van der Waals surface area contributed by atoms with Gasteiger partial charge in [0.15, 0.2) is 0 Å². The number of hydrogen-bond donors (Lipinski definition) is 0. The topological polar surface area (TPSA) is 20.3 Å². The summed E-state index contributed by atoms with van der Waals surface area (Å²) >= 11 is 0. The van der Waals surface area contributed by atoms with Crippen molar-refractivity contribution in [1.82, 2.24) is 4.90 Å². The summed E-state index contributed by atoms with van der Waals surface area (Å²) in [5.74, 6) is 1.09. The van der Waals surface area contributed by atoms with Crippen molar-refractivity contribution in [3.05, 3.63) is 0 Å². The van der Waals surface area contributed by atoms with Gasteiger partial charge < -0.3 is 0 Å². The van der Waals surface area contributed by atoms with Gasteiger partial charge in [-0.15, -0.1) is 0 Å². The van der Waals surface area contributed by atoms with E-state index in [2.05, 4.69) is 18.9 Å². The van der Waals surface area contributed by atoms with E-state index in [0.717, 1.165) is 5.92 Å². The third-order valence-corrected chi connectivity index (χ3v) is 3.50. The molecule has 0 N–H and O–H groups in total. The van der Waals surface area contributed by atoms with Crippen molar-refractivity contribution in [3.63, 3.8) is 0 Å². The summed E-state index contributed by atoms with van der Waals surface area (Å²) in [6, 6.07) is 0.569. The molecule has 0 heterocycles. The molecule has 0 radical (unpaired) electrons. The lowest BCUT2D eigenvalue weighted by Crippen LogP contribution is -2.39. The molecule has 1 fully saturated rings. The van der Waals surface area contributed by atoms with Crippen molar-refractivity contribution in [2.75, 3.05) is 13.6 Å². The molecule has 0 aromatic rings. The Balaban J connectivity index is 2.37. The molecule has 0 bridgehead atoms. The fourth-order valence-corrected chi connectivity index (χ4v) is 2.47. The monoisotopic (exact) mass is 197 g/mol. The largest absolute Gasteiger partial charge is 0.299 e. The zero-order valence-electron chi connectivity index (χ0n) is 9.75. The number of rotatable bonds is 4. The first-order valence-electron chi connectivity index (χ1n) is 5.81. The second kappa shape index (κ2) is 5.50. The molecule has 1 aliphatic carbocycles. The summed E-state index contributed by atoms with van der Waals surface area (Å²) in [7, 11) is 2.07. The molecule has 1 aliphatic rings. The second-order valence-electron chi connectivity index (χ2n) is 4.76. The Morgan fingerprint density at radius 3 is 2.43 bits per heavy atom. The fraction of sp³-hybridized carbons (Fsp3) is 0.917. The molecule has 2 heteroatoms. The summed E-state index contributed by atoms with van der Waals surface area (Å²) in [5, 5.41) is 0. The van der Waals surface area contributed by atoms with Crippen LogP contribution in [0.15, 0.2) is 0 Å². The number of ketones is 1. The van der Waals surface area contributed by atoms with Crippen LogP contribution in [0.1, 0.15) is 46.0 Å². The Morgan fingerprint density at radius 1 is 1.36 bits per heavy atom. The van der Waals surface area contributed by atoms with E-state index in [1.54, 1.807) is 6.92 Å². The molecule has 0 aromatic carbocycles. The van der Waals surface area contributed by atoms with Crippen molar-refractivity contribution in [2.45, 2.75) is 52.0 Å². The van der Waals surface area contributed by atoms with Gasteiger partial charge in [0.25, 0.3) is 0 Å². The maximum absolute atomic E-state index is 11.0. The average molecular weight is 197 g/mol. The maximum Gasteiger partial charge on any atom is 0.143 e. The quantitative estimate of drug-likeness (QED) is 0.690. The van der Waals surface area contributed by atoms with Crippen LogP contribution in [-0.2, 0) is 4.79 Å². The molecule has 0 spiro atoms. The van der Waals surface area contributed by atoms with Crippen molar-refractivity contribution in [3.8, 4) is 0 Å². The van der Waals surface area contributed by atoms with Crippen LogP contribution < -0.4 is 0 Å². The Bertz CT molecular complexity index is 185. The Morgan fingerprint density at radius 2 is 1.93 bits per heavy atom. The van der Waals surface area contributed by atoms with Gasteiger partial charge in [-0.2, -0.15) is 0 Å². The summed E-state index contributed by atoms with van der Waals surface area (Å²) in [6.45, 7) is 4.54. The number of Topliss-reactive ketones (excluding diaryl/α,β-unsaturated/α-hetero) is 1. The Labute approximate surface area is 87.7 Å². The third kappa shape index (κ3) is 3.41. The normalized spacial score (nSPS) is 21.1. The molecular formula is C12H23NO. The van der Waals surface area contributed by atoms with Crippen LogP contribution in [0, 0.1) is 5.92 Å². The third-order valence-electron chi connectivity index (χ3n) is 3.50. The molecule has 2 nitrogen and oxygen atoms in total.